The predicted molar refractivity (Wildman–Crippen MR) is 104 cm³/mol. The van der Waals surface area contributed by atoms with E-state index in [4.69, 9.17) is 23.8 Å². The molecule has 3 rings (SSSR count). The van der Waals surface area contributed by atoms with Crippen LogP contribution in [0.4, 0.5) is 0 Å². The molecule has 3 aromatic rings. The lowest BCUT2D eigenvalue weighted by molar-refractivity contribution is 0.666. The average Bonchev–Trinajstić information content (AvgIpc) is 3.02. The molecule has 7 heteroatoms. The van der Waals surface area contributed by atoms with Crippen molar-refractivity contribution < 1.29 is 0 Å². The van der Waals surface area contributed by atoms with Gasteiger partial charge >= 0.3 is 5.69 Å². The van der Waals surface area contributed by atoms with Crippen LogP contribution in [-0.2, 0) is 26.9 Å². The molecule has 0 saturated carbocycles. The standard InChI is InChI=1S/C18H21ClN4OS/c1-22-16-15(17(25)23(2)18(22)24)20-14(21-16)10-5-3-4-7-12-8-6-9-13(19)11-12/h6,8-9,11H,3-5,7,10H2,1-2H3,(H,20,21). The van der Waals surface area contributed by atoms with Crippen LogP contribution in [0.15, 0.2) is 29.1 Å². The van der Waals surface area contributed by atoms with Crippen LogP contribution in [0, 0.1) is 4.64 Å². The number of unbranched alkanes of at least 4 members (excludes halogenated alkanes) is 2. The van der Waals surface area contributed by atoms with Crippen LogP contribution in [-0.4, -0.2) is 19.1 Å². The minimum Gasteiger partial charge on any atom is -0.338 e. The highest BCUT2D eigenvalue weighted by Crippen LogP contribution is 2.15. The Morgan fingerprint density at radius 1 is 1.16 bits per heavy atom. The van der Waals surface area contributed by atoms with Gasteiger partial charge < -0.3 is 4.98 Å². The number of benzene rings is 1. The molecule has 1 aromatic carbocycles. The molecule has 0 atom stereocenters. The fourth-order valence-electron chi connectivity index (χ4n) is 2.98. The number of H-pyrrole nitrogens is 1. The number of imidazole rings is 1. The Balaban J connectivity index is 1.60. The molecule has 0 saturated heterocycles. The highest BCUT2D eigenvalue weighted by atomic mass is 35.5. The smallest absolute Gasteiger partial charge is 0.330 e. The normalized spacial score (nSPS) is 11.3. The average molecular weight is 377 g/mol. The maximum absolute atomic E-state index is 12.1. The maximum atomic E-state index is 12.1. The molecule has 1 N–H and O–H groups in total. The zero-order valence-corrected chi connectivity index (χ0v) is 16.0. The summed E-state index contributed by atoms with van der Waals surface area (Å²) in [7, 11) is 3.40. The van der Waals surface area contributed by atoms with E-state index in [1.54, 1.807) is 14.1 Å². The largest absolute Gasteiger partial charge is 0.338 e. The van der Waals surface area contributed by atoms with Gasteiger partial charge in [-0.1, -0.05) is 42.4 Å². The number of halogens is 1. The van der Waals surface area contributed by atoms with E-state index in [-0.39, 0.29) is 5.69 Å². The molecule has 0 spiro atoms. The highest BCUT2D eigenvalue weighted by Gasteiger charge is 2.11. The van der Waals surface area contributed by atoms with Crippen molar-refractivity contribution in [2.75, 3.05) is 0 Å². The van der Waals surface area contributed by atoms with Crippen LogP contribution in [0.2, 0.25) is 5.02 Å². The van der Waals surface area contributed by atoms with Crippen molar-refractivity contribution in [2.45, 2.75) is 32.1 Å². The van der Waals surface area contributed by atoms with Gasteiger partial charge in [0, 0.05) is 25.5 Å². The molecule has 0 radical (unpaired) electrons. The second kappa shape index (κ2) is 7.54. The first kappa shape index (κ1) is 17.9. The number of fused-ring (bicyclic) bond motifs is 1. The van der Waals surface area contributed by atoms with Gasteiger partial charge in [-0.3, -0.25) is 9.13 Å². The van der Waals surface area contributed by atoms with Crippen LogP contribution >= 0.6 is 23.8 Å². The first-order valence-corrected chi connectivity index (χ1v) is 9.15. The fourth-order valence-corrected chi connectivity index (χ4v) is 3.42. The third kappa shape index (κ3) is 3.85. The summed E-state index contributed by atoms with van der Waals surface area (Å²) in [5.74, 6) is 0.880. The number of hydrogen-bond donors (Lipinski definition) is 1. The van der Waals surface area contributed by atoms with E-state index >= 15 is 0 Å². The second-order valence-corrected chi connectivity index (χ2v) is 7.10. The Bertz CT molecular complexity index is 1020. The van der Waals surface area contributed by atoms with E-state index in [0.29, 0.717) is 10.3 Å². The number of aryl methyl sites for hydroxylation is 3. The van der Waals surface area contributed by atoms with Crippen LogP contribution in [0.1, 0.15) is 30.7 Å². The Kier molecular flexibility index (Phi) is 5.39. The van der Waals surface area contributed by atoms with Crippen LogP contribution in [0.25, 0.3) is 11.2 Å². The van der Waals surface area contributed by atoms with Gasteiger partial charge in [0.25, 0.3) is 0 Å². The number of aromatic amines is 1. The molecule has 0 fully saturated rings. The molecule has 0 unspecified atom stereocenters. The zero-order chi connectivity index (χ0) is 18.0. The summed E-state index contributed by atoms with van der Waals surface area (Å²) in [6, 6.07) is 8.01. The van der Waals surface area contributed by atoms with Crippen molar-refractivity contribution in [3.63, 3.8) is 0 Å². The Labute approximate surface area is 156 Å². The van der Waals surface area contributed by atoms with Crippen molar-refractivity contribution in [1.82, 2.24) is 19.1 Å². The summed E-state index contributed by atoms with van der Waals surface area (Å²) in [6.45, 7) is 0. The fraction of sp³-hybridized carbons (Fsp3) is 0.389. The SMILES string of the molecule is Cn1c(=S)c2[nH]c(CCCCCc3cccc(Cl)c3)nc2n(C)c1=O. The van der Waals surface area contributed by atoms with E-state index in [1.807, 2.05) is 18.2 Å². The quantitative estimate of drug-likeness (QED) is 0.523. The van der Waals surface area contributed by atoms with Gasteiger partial charge in [0.05, 0.1) is 0 Å². The Morgan fingerprint density at radius 3 is 2.68 bits per heavy atom. The first-order chi connectivity index (χ1) is 12.0. The first-order valence-electron chi connectivity index (χ1n) is 8.36. The molecule has 5 nitrogen and oxygen atoms in total. The lowest BCUT2D eigenvalue weighted by atomic mass is 10.1. The monoisotopic (exact) mass is 376 g/mol. The Morgan fingerprint density at radius 2 is 1.92 bits per heavy atom. The molecule has 25 heavy (non-hydrogen) atoms. The van der Waals surface area contributed by atoms with Crippen molar-refractivity contribution >= 4 is 35.0 Å². The minimum absolute atomic E-state index is 0.155. The third-order valence-corrected chi connectivity index (χ3v) is 5.12. The predicted octanol–water partition coefficient (Wildman–Crippen LogP) is 3.94. The van der Waals surface area contributed by atoms with E-state index in [9.17, 15) is 4.79 Å². The van der Waals surface area contributed by atoms with Crippen LogP contribution in [0.3, 0.4) is 0 Å². The molecule has 0 bridgehead atoms. The molecule has 2 heterocycles. The van der Waals surface area contributed by atoms with Crippen LogP contribution in [0.5, 0.6) is 0 Å². The molecule has 0 amide bonds. The van der Waals surface area contributed by atoms with Crippen molar-refractivity contribution in [2.24, 2.45) is 14.1 Å². The van der Waals surface area contributed by atoms with Gasteiger partial charge in [0.1, 0.15) is 16.0 Å². The number of nitrogens with one attached hydrogen (secondary N) is 1. The summed E-state index contributed by atoms with van der Waals surface area (Å²) < 4.78 is 3.49. The topological polar surface area (TPSA) is 55.6 Å². The van der Waals surface area contributed by atoms with Crippen molar-refractivity contribution in [3.05, 3.63) is 55.8 Å². The number of hydrogen-bond acceptors (Lipinski definition) is 3. The summed E-state index contributed by atoms with van der Waals surface area (Å²) >= 11 is 11.3. The van der Waals surface area contributed by atoms with Gasteiger partial charge in [-0.25, -0.2) is 9.78 Å². The second-order valence-electron chi connectivity index (χ2n) is 6.28. The molecule has 0 aliphatic carbocycles. The maximum Gasteiger partial charge on any atom is 0.330 e. The van der Waals surface area contributed by atoms with Crippen LogP contribution < -0.4 is 5.69 Å². The van der Waals surface area contributed by atoms with Gasteiger partial charge in [-0.05, 0) is 37.0 Å². The summed E-state index contributed by atoms with van der Waals surface area (Å²) in [5.41, 5.74) is 2.50. The lowest BCUT2D eigenvalue weighted by Gasteiger charge is -2.02. The highest BCUT2D eigenvalue weighted by molar-refractivity contribution is 7.71. The van der Waals surface area contributed by atoms with Gasteiger partial charge in [-0.2, -0.15) is 0 Å². The van der Waals surface area contributed by atoms with Gasteiger partial charge in [-0.15, -0.1) is 0 Å². The van der Waals surface area contributed by atoms with E-state index in [2.05, 4.69) is 16.0 Å². The van der Waals surface area contributed by atoms with Crippen molar-refractivity contribution in [1.29, 1.82) is 0 Å². The summed E-state index contributed by atoms with van der Waals surface area (Å²) in [4.78, 5) is 19.9. The molecule has 2 aromatic heterocycles. The van der Waals surface area contributed by atoms with E-state index in [1.165, 1.54) is 14.7 Å². The molecule has 0 aliphatic rings. The lowest BCUT2D eigenvalue weighted by Crippen LogP contribution is -2.27. The number of rotatable bonds is 6. The van der Waals surface area contributed by atoms with Crippen molar-refractivity contribution in [3.8, 4) is 0 Å². The summed E-state index contributed by atoms with van der Waals surface area (Å²) in [5, 5.41) is 0.790. The van der Waals surface area contributed by atoms with E-state index in [0.717, 1.165) is 48.5 Å². The Hall–Kier alpha value is -1.92. The molecule has 0 aliphatic heterocycles. The third-order valence-electron chi connectivity index (χ3n) is 4.41. The molecular weight excluding hydrogens is 356 g/mol. The van der Waals surface area contributed by atoms with E-state index < -0.39 is 0 Å². The zero-order valence-electron chi connectivity index (χ0n) is 14.4. The molecule has 132 valence electrons. The summed E-state index contributed by atoms with van der Waals surface area (Å²) in [6.07, 6.45) is 5.13. The number of nitrogens with zero attached hydrogens (tertiary/aromatic N) is 3. The molecular formula is C18H21ClN4OS. The number of aromatic nitrogens is 4. The van der Waals surface area contributed by atoms with Gasteiger partial charge in [0.15, 0.2) is 5.65 Å². The van der Waals surface area contributed by atoms with Gasteiger partial charge in [0.2, 0.25) is 0 Å². The minimum atomic E-state index is -0.155.